The summed E-state index contributed by atoms with van der Waals surface area (Å²) >= 11 is 5.54. The Kier molecular flexibility index (Phi) is 1.96. The lowest BCUT2D eigenvalue weighted by molar-refractivity contribution is 0.539. The second kappa shape index (κ2) is 3.11. The van der Waals surface area contributed by atoms with Gasteiger partial charge in [-0.1, -0.05) is 0 Å². The van der Waals surface area contributed by atoms with Gasteiger partial charge in [0.25, 0.3) is 0 Å². The number of halogens is 1. The summed E-state index contributed by atoms with van der Waals surface area (Å²) in [6.07, 6.45) is 2.34. The number of aryl methyl sites for hydroxylation is 1. The molecule has 0 aliphatic heterocycles. The standard InChI is InChI=1S/C8H7ClN2O/c9-4-3-7-11-8-6(12-7)2-1-5-10-8/h1-2,5H,3-4H2. The number of oxazole rings is 1. The van der Waals surface area contributed by atoms with Crippen LogP contribution in [0.25, 0.3) is 11.2 Å². The molecular formula is C8H7ClN2O. The summed E-state index contributed by atoms with van der Waals surface area (Å²) in [6.45, 7) is 0. The number of fused-ring (bicyclic) bond motifs is 1. The van der Waals surface area contributed by atoms with Crippen molar-refractivity contribution in [2.24, 2.45) is 0 Å². The summed E-state index contributed by atoms with van der Waals surface area (Å²) in [6, 6.07) is 3.66. The van der Waals surface area contributed by atoms with Crippen molar-refractivity contribution in [3.63, 3.8) is 0 Å². The van der Waals surface area contributed by atoms with Gasteiger partial charge in [-0.05, 0) is 12.1 Å². The van der Waals surface area contributed by atoms with Crippen molar-refractivity contribution in [3.8, 4) is 0 Å². The zero-order valence-electron chi connectivity index (χ0n) is 6.33. The van der Waals surface area contributed by atoms with Gasteiger partial charge in [0.05, 0.1) is 0 Å². The van der Waals surface area contributed by atoms with Crippen LogP contribution in [0, 0.1) is 0 Å². The average Bonchev–Trinajstić information content (AvgIpc) is 2.47. The van der Waals surface area contributed by atoms with Crippen LogP contribution in [0.1, 0.15) is 5.89 Å². The molecule has 2 aromatic heterocycles. The minimum absolute atomic E-state index is 0.521. The van der Waals surface area contributed by atoms with E-state index in [0.29, 0.717) is 23.8 Å². The quantitative estimate of drug-likeness (QED) is 0.667. The topological polar surface area (TPSA) is 38.9 Å². The molecule has 0 bridgehead atoms. The van der Waals surface area contributed by atoms with Gasteiger partial charge in [0.1, 0.15) is 0 Å². The van der Waals surface area contributed by atoms with Crippen molar-refractivity contribution in [1.29, 1.82) is 0 Å². The van der Waals surface area contributed by atoms with Crippen LogP contribution < -0.4 is 0 Å². The molecule has 0 saturated heterocycles. The molecule has 0 N–H and O–H groups in total. The molecule has 0 spiro atoms. The zero-order valence-corrected chi connectivity index (χ0v) is 7.08. The van der Waals surface area contributed by atoms with E-state index in [4.69, 9.17) is 16.0 Å². The number of aromatic nitrogens is 2. The third-order valence-corrected chi connectivity index (χ3v) is 1.71. The van der Waals surface area contributed by atoms with Crippen molar-refractivity contribution < 1.29 is 4.42 Å². The van der Waals surface area contributed by atoms with Gasteiger partial charge >= 0.3 is 0 Å². The van der Waals surface area contributed by atoms with Crippen LogP contribution in [0.2, 0.25) is 0 Å². The van der Waals surface area contributed by atoms with Crippen molar-refractivity contribution in [2.45, 2.75) is 6.42 Å². The molecule has 0 aromatic carbocycles. The summed E-state index contributed by atoms with van der Waals surface area (Å²) in [7, 11) is 0. The maximum Gasteiger partial charge on any atom is 0.198 e. The minimum atomic E-state index is 0.521. The summed E-state index contributed by atoms with van der Waals surface area (Å²) < 4.78 is 5.35. The van der Waals surface area contributed by atoms with E-state index in [1.165, 1.54) is 0 Å². The first-order valence-corrected chi connectivity index (χ1v) is 4.20. The number of pyridine rings is 1. The zero-order chi connectivity index (χ0) is 8.39. The number of hydrogen-bond acceptors (Lipinski definition) is 3. The van der Waals surface area contributed by atoms with Crippen LogP contribution in [0.3, 0.4) is 0 Å². The van der Waals surface area contributed by atoms with Gasteiger partial charge < -0.3 is 4.42 Å². The Labute approximate surface area is 74.4 Å². The van der Waals surface area contributed by atoms with E-state index >= 15 is 0 Å². The van der Waals surface area contributed by atoms with Crippen LogP contribution >= 0.6 is 11.6 Å². The first-order valence-electron chi connectivity index (χ1n) is 3.66. The molecule has 0 atom stereocenters. The Balaban J connectivity index is 2.47. The molecule has 0 saturated carbocycles. The Hall–Kier alpha value is -1.09. The normalized spacial score (nSPS) is 10.8. The molecule has 4 heteroatoms. The fourth-order valence-electron chi connectivity index (χ4n) is 1.00. The summed E-state index contributed by atoms with van der Waals surface area (Å²) in [4.78, 5) is 8.18. The van der Waals surface area contributed by atoms with Gasteiger partial charge in [0.2, 0.25) is 0 Å². The molecule has 0 amide bonds. The highest BCUT2D eigenvalue weighted by molar-refractivity contribution is 6.17. The molecule has 0 unspecified atom stereocenters. The lowest BCUT2D eigenvalue weighted by Crippen LogP contribution is -1.84. The van der Waals surface area contributed by atoms with Crippen LogP contribution in [0.15, 0.2) is 22.7 Å². The summed E-state index contributed by atoms with van der Waals surface area (Å²) in [5, 5.41) is 0. The highest BCUT2D eigenvalue weighted by Crippen LogP contribution is 2.12. The molecule has 0 aliphatic carbocycles. The van der Waals surface area contributed by atoms with Gasteiger partial charge in [-0.25, -0.2) is 4.98 Å². The van der Waals surface area contributed by atoms with E-state index in [-0.39, 0.29) is 0 Å². The van der Waals surface area contributed by atoms with E-state index in [1.807, 2.05) is 12.1 Å². The minimum Gasteiger partial charge on any atom is -0.439 e. The molecular weight excluding hydrogens is 176 g/mol. The van der Waals surface area contributed by atoms with Gasteiger partial charge in [0, 0.05) is 18.5 Å². The largest absolute Gasteiger partial charge is 0.439 e. The van der Waals surface area contributed by atoms with E-state index in [1.54, 1.807) is 6.20 Å². The van der Waals surface area contributed by atoms with Gasteiger partial charge in [0.15, 0.2) is 17.1 Å². The monoisotopic (exact) mass is 182 g/mol. The van der Waals surface area contributed by atoms with Gasteiger partial charge in [-0.15, -0.1) is 11.6 Å². The van der Waals surface area contributed by atoms with Crippen LogP contribution in [-0.4, -0.2) is 15.8 Å². The maximum atomic E-state index is 5.54. The number of hydrogen-bond donors (Lipinski definition) is 0. The number of nitrogens with zero attached hydrogens (tertiary/aromatic N) is 2. The van der Waals surface area contributed by atoms with Crippen LogP contribution in [-0.2, 0) is 6.42 Å². The predicted octanol–water partition coefficient (Wildman–Crippen LogP) is 2.00. The first kappa shape index (κ1) is 7.55. The molecule has 0 aliphatic rings. The summed E-state index contributed by atoms with van der Waals surface area (Å²) in [5.74, 6) is 1.17. The lowest BCUT2D eigenvalue weighted by atomic mass is 10.5. The van der Waals surface area contributed by atoms with Crippen molar-refractivity contribution >= 4 is 22.8 Å². The number of rotatable bonds is 2. The third kappa shape index (κ3) is 1.28. The van der Waals surface area contributed by atoms with E-state index < -0.39 is 0 Å². The van der Waals surface area contributed by atoms with Gasteiger partial charge in [-0.2, -0.15) is 4.98 Å². The fourth-order valence-corrected chi connectivity index (χ4v) is 1.16. The molecule has 62 valence electrons. The molecule has 3 nitrogen and oxygen atoms in total. The lowest BCUT2D eigenvalue weighted by Gasteiger charge is -1.83. The van der Waals surface area contributed by atoms with Crippen molar-refractivity contribution in [1.82, 2.24) is 9.97 Å². The molecule has 2 rings (SSSR count). The summed E-state index contributed by atoms with van der Waals surface area (Å²) in [5.41, 5.74) is 1.37. The molecule has 0 fully saturated rings. The van der Waals surface area contributed by atoms with Crippen LogP contribution in [0.5, 0.6) is 0 Å². The van der Waals surface area contributed by atoms with Gasteiger partial charge in [-0.3, -0.25) is 0 Å². The maximum absolute atomic E-state index is 5.54. The SMILES string of the molecule is ClCCc1nc2ncccc2o1. The van der Waals surface area contributed by atoms with Crippen LogP contribution in [0.4, 0.5) is 0 Å². The molecule has 0 radical (unpaired) electrons. The number of alkyl halides is 1. The van der Waals surface area contributed by atoms with E-state index in [0.717, 1.165) is 5.58 Å². The second-order valence-corrected chi connectivity index (χ2v) is 2.75. The third-order valence-electron chi connectivity index (χ3n) is 1.52. The Morgan fingerprint density at radius 3 is 3.17 bits per heavy atom. The molecule has 2 aromatic rings. The Morgan fingerprint density at radius 2 is 2.42 bits per heavy atom. The Morgan fingerprint density at radius 1 is 1.50 bits per heavy atom. The predicted molar refractivity (Wildman–Crippen MR) is 46.2 cm³/mol. The average molecular weight is 183 g/mol. The highest BCUT2D eigenvalue weighted by Gasteiger charge is 2.03. The second-order valence-electron chi connectivity index (χ2n) is 2.37. The fraction of sp³-hybridized carbons (Fsp3) is 0.250. The molecule has 2 heterocycles. The van der Waals surface area contributed by atoms with Crippen molar-refractivity contribution in [3.05, 3.63) is 24.2 Å². The first-order chi connectivity index (χ1) is 5.90. The Bertz CT molecular complexity index is 352. The highest BCUT2D eigenvalue weighted by atomic mass is 35.5. The molecule has 12 heavy (non-hydrogen) atoms. The van der Waals surface area contributed by atoms with E-state index in [2.05, 4.69) is 9.97 Å². The smallest absolute Gasteiger partial charge is 0.198 e. The van der Waals surface area contributed by atoms with E-state index in [9.17, 15) is 0 Å². The van der Waals surface area contributed by atoms with Crippen molar-refractivity contribution in [2.75, 3.05) is 5.88 Å².